The number of rotatable bonds is 6. The minimum atomic E-state index is 0. The van der Waals surface area contributed by atoms with Crippen LogP contribution in [-0.4, -0.2) is 24.9 Å². The molecule has 0 aliphatic carbocycles. The molecule has 0 fully saturated rings. The first-order valence-corrected chi connectivity index (χ1v) is 4.84. The molecule has 16 heavy (non-hydrogen) atoms. The summed E-state index contributed by atoms with van der Waals surface area (Å²) < 4.78 is 5.38. The molecule has 0 aliphatic rings. The molecule has 0 atom stereocenters. The Bertz CT molecular complexity index is 336. The van der Waals surface area contributed by atoms with Gasteiger partial charge >= 0.3 is 0 Å². The second-order valence-corrected chi connectivity index (χ2v) is 3.00. The van der Waals surface area contributed by atoms with Gasteiger partial charge in [0.1, 0.15) is 12.4 Å². The van der Waals surface area contributed by atoms with Gasteiger partial charge in [-0.25, -0.2) is 0 Å². The SMILES string of the molecule is C#CCOc1ccccc1CNCCO.Cl. The Balaban J connectivity index is 0.00000225. The van der Waals surface area contributed by atoms with Gasteiger partial charge in [0.05, 0.1) is 6.61 Å². The van der Waals surface area contributed by atoms with Crippen LogP contribution in [0.25, 0.3) is 0 Å². The summed E-state index contributed by atoms with van der Waals surface area (Å²) in [6, 6.07) is 7.70. The van der Waals surface area contributed by atoms with Crippen LogP contribution < -0.4 is 10.1 Å². The number of nitrogens with one attached hydrogen (secondary N) is 1. The number of halogens is 1. The Labute approximate surface area is 102 Å². The van der Waals surface area contributed by atoms with Crippen LogP contribution in [0, 0.1) is 12.3 Å². The van der Waals surface area contributed by atoms with Crippen molar-refractivity contribution in [3.05, 3.63) is 29.8 Å². The summed E-state index contributed by atoms with van der Waals surface area (Å²) in [5.74, 6) is 3.22. The fourth-order valence-electron chi connectivity index (χ4n) is 1.21. The van der Waals surface area contributed by atoms with E-state index in [1.54, 1.807) is 0 Å². The number of ether oxygens (including phenoxy) is 1. The van der Waals surface area contributed by atoms with E-state index in [4.69, 9.17) is 16.3 Å². The maximum absolute atomic E-state index is 8.63. The molecule has 88 valence electrons. The van der Waals surface area contributed by atoms with Crippen molar-refractivity contribution in [2.45, 2.75) is 6.54 Å². The largest absolute Gasteiger partial charge is 0.481 e. The summed E-state index contributed by atoms with van der Waals surface area (Å²) in [6.45, 7) is 1.65. The highest BCUT2D eigenvalue weighted by Crippen LogP contribution is 2.17. The molecule has 0 saturated carbocycles. The van der Waals surface area contributed by atoms with E-state index in [2.05, 4.69) is 11.2 Å². The lowest BCUT2D eigenvalue weighted by Gasteiger charge is -2.09. The smallest absolute Gasteiger partial charge is 0.148 e. The topological polar surface area (TPSA) is 41.5 Å². The van der Waals surface area contributed by atoms with Crippen molar-refractivity contribution in [2.24, 2.45) is 0 Å². The second-order valence-electron chi connectivity index (χ2n) is 3.00. The molecule has 0 spiro atoms. The van der Waals surface area contributed by atoms with Gasteiger partial charge in [0.15, 0.2) is 0 Å². The number of aliphatic hydroxyl groups excluding tert-OH is 1. The van der Waals surface area contributed by atoms with E-state index in [1.807, 2.05) is 24.3 Å². The Morgan fingerprint density at radius 1 is 1.38 bits per heavy atom. The van der Waals surface area contributed by atoms with Crippen LogP contribution in [0.15, 0.2) is 24.3 Å². The summed E-state index contributed by atoms with van der Waals surface area (Å²) in [4.78, 5) is 0. The fraction of sp³-hybridized carbons (Fsp3) is 0.333. The number of aliphatic hydroxyl groups is 1. The molecule has 0 saturated heterocycles. The maximum Gasteiger partial charge on any atom is 0.148 e. The number of terminal acetylenes is 1. The summed E-state index contributed by atoms with van der Waals surface area (Å²) in [5.41, 5.74) is 1.04. The van der Waals surface area contributed by atoms with E-state index in [-0.39, 0.29) is 25.6 Å². The van der Waals surface area contributed by atoms with E-state index in [0.29, 0.717) is 13.1 Å². The van der Waals surface area contributed by atoms with Crippen LogP contribution in [0.3, 0.4) is 0 Å². The van der Waals surface area contributed by atoms with Crippen molar-refractivity contribution in [3.63, 3.8) is 0 Å². The van der Waals surface area contributed by atoms with Crippen LogP contribution in [0.2, 0.25) is 0 Å². The van der Waals surface area contributed by atoms with Gasteiger partial charge in [-0.05, 0) is 6.07 Å². The molecule has 0 radical (unpaired) electrons. The molecule has 1 aromatic carbocycles. The molecule has 0 bridgehead atoms. The minimum Gasteiger partial charge on any atom is -0.481 e. The van der Waals surface area contributed by atoms with Crippen molar-refractivity contribution in [1.29, 1.82) is 0 Å². The Morgan fingerprint density at radius 2 is 2.12 bits per heavy atom. The zero-order chi connectivity index (χ0) is 10.9. The van der Waals surface area contributed by atoms with Crippen molar-refractivity contribution in [1.82, 2.24) is 5.32 Å². The van der Waals surface area contributed by atoms with Crippen LogP contribution in [0.4, 0.5) is 0 Å². The van der Waals surface area contributed by atoms with Gasteiger partial charge in [-0.2, -0.15) is 0 Å². The molecule has 3 nitrogen and oxygen atoms in total. The molecular formula is C12H16ClNO2. The number of hydrogen-bond acceptors (Lipinski definition) is 3. The molecule has 1 rings (SSSR count). The highest BCUT2D eigenvalue weighted by Gasteiger charge is 2.00. The quantitative estimate of drug-likeness (QED) is 0.581. The molecule has 0 unspecified atom stereocenters. The zero-order valence-electron chi connectivity index (χ0n) is 8.98. The predicted molar refractivity (Wildman–Crippen MR) is 66.8 cm³/mol. The molecule has 0 amide bonds. The van der Waals surface area contributed by atoms with Crippen molar-refractivity contribution < 1.29 is 9.84 Å². The molecular weight excluding hydrogens is 226 g/mol. The van der Waals surface area contributed by atoms with Crippen molar-refractivity contribution >= 4 is 12.4 Å². The molecule has 0 aromatic heterocycles. The van der Waals surface area contributed by atoms with Crippen LogP contribution in [0.5, 0.6) is 5.75 Å². The van der Waals surface area contributed by atoms with Crippen molar-refractivity contribution in [2.75, 3.05) is 19.8 Å². The van der Waals surface area contributed by atoms with Gasteiger partial charge < -0.3 is 15.2 Å². The summed E-state index contributed by atoms with van der Waals surface area (Å²) in [7, 11) is 0. The first-order chi connectivity index (χ1) is 7.38. The number of para-hydroxylation sites is 1. The van der Waals surface area contributed by atoms with Crippen LogP contribution in [-0.2, 0) is 6.54 Å². The Morgan fingerprint density at radius 3 is 2.81 bits per heavy atom. The van der Waals surface area contributed by atoms with Crippen molar-refractivity contribution in [3.8, 4) is 18.1 Å². The normalized spacial score (nSPS) is 9.00. The second kappa shape index (κ2) is 9.05. The van der Waals surface area contributed by atoms with Gasteiger partial charge in [-0.3, -0.25) is 0 Å². The van der Waals surface area contributed by atoms with E-state index < -0.39 is 0 Å². The molecule has 1 aromatic rings. The third-order valence-electron chi connectivity index (χ3n) is 1.89. The first-order valence-electron chi connectivity index (χ1n) is 4.84. The average Bonchev–Trinajstić information content (AvgIpc) is 2.28. The Kier molecular flexibility index (Phi) is 8.36. The first kappa shape index (κ1) is 14.8. The van der Waals surface area contributed by atoms with Crippen LogP contribution >= 0.6 is 12.4 Å². The maximum atomic E-state index is 8.63. The van der Waals surface area contributed by atoms with E-state index in [1.165, 1.54) is 0 Å². The summed E-state index contributed by atoms with van der Waals surface area (Å²) >= 11 is 0. The van der Waals surface area contributed by atoms with Gasteiger partial charge in [-0.1, -0.05) is 24.1 Å². The van der Waals surface area contributed by atoms with Gasteiger partial charge in [0.25, 0.3) is 0 Å². The number of benzene rings is 1. The summed E-state index contributed by atoms with van der Waals surface area (Å²) in [5, 5.41) is 11.7. The number of hydrogen-bond donors (Lipinski definition) is 2. The van der Waals surface area contributed by atoms with Gasteiger partial charge in [-0.15, -0.1) is 18.8 Å². The molecule has 4 heteroatoms. The lowest BCUT2D eigenvalue weighted by molar-refractivity contribution is 0.291. The highest BCUT2D eigenvalue weighted by molar-refractivity contribution is 5.85. The van der Waals surface area contributed by atoms with E-state index in [9.17, 15) is 0 Å². The fourth-order valence-corrected chi connectivity index (χ4v) is 1.21. The third kappa shape index (κ3) is 5.04. The van der Waals surface area contributed by atoms with Crippen LogP contribution in [0.1, 0.15) is 5.56 Å². The van der Waals surface area contributed by atoms with Gasteiger partial charge in [0, 0.05) is 18.7 Å². The average molecular weight is 242 g/mol. The minimum absolute atomic E-state index is 0. The third-order valence-corrected chi connectivity index (χ3v) is 1.89. The highest BCUT2D eigenvalue weighted by atomic mass is 35.5. The monoisotopic (exact) mass is 241 g/mol. The molecule has 0 aliphatic heterocycles. The van der Waals surface area contributed by atoms with Gasteiger partial charge in [0.2, 0.25) is 0 Å². The lowest BCUT2D eigenvalue weighted by Crippen LogP contribution is -2.18. The zero-order valence-corrected chi connectivity index (χ0v) is 9.80. The Hall–Kier alpha value is -1.21. The molecule has 0 heterocycles. The molecule has 2 N–H and O–H groups in total. The predicted octanol–water partition coefficient (Wildman–Crippen LogP) is 1.20. The summed E-state index contributed by atoms with van der Waals surface area (Å²) in [6.07, 6.45) is 5.12. The lowest BCUT2D eigenvalue weighted by atomic mass is 10.2. The standard InChI is InChI=1S/C12H15NO2.ClH/c1-2-9-15-12-6-4-3-5-11(12)10-13-7-8-14;/h1,3-6,13-14H,7-10H2;1H. The van der Waals surface area contributed by atoms with E-state index >= 15 is 0 Å². The van der Waals surface area contributed by atoms with E-state index in [0.717, 1.165) is 11.3 Å².